The molecule has 0 spiro atoms. The monoisotopic (exact) mass is 361 g/mol. The van der Waals surface area contributed by atoms with E-state index >= 15 is 0 Å². The maximum atomic E-state index is 5.98. The zero-order valence-corrected chi connectivity index (χ0v) is 14.0. The molecule has 3 heterocycles. The van der Waals surface area contributed by atoms with Crippen molar-refractivity contribution in [1.82, 2.24) is 33.4 Å². The predicted molar refractivity (Wildman–Crippen MR) is 89.2 cm³/mol. The Morgan fingerprint density at radius 2 is 2.04 bits per heavy atom. The van der Waals surface area contributed by atoms with Crippen LogP contribution in [0.3, 0.4) is 0 Å². The summed E-state index contributed by atoms with van der Waals surface area (Å²) in [4.78, 5) is 0. The van der Waals surface area contributed by atoms with Gasteiger partial charge in [0.05, 0.1) is 17.4 Å². The summed E-state index contributed by atoms with van der Waals surface area (Å²) in [6.45, 7) is 1.47. The molecule has 4 rings (SSSR count). The molecule has 2 aromatic heterocycles. The lowest BCUT2D eigenvalue weighted by Crippen LogP contribution is -2.18. The van der Waals surface area contributed by atoms with Gasteiger partial charge in [0.25, 0.3) is 5.88 Å². The number of nitrogens with zero attached hydrogens (tertiary/aromatic N) is 7. The van der Waals surface area contributed by atoms with Gasteiger partial charge < -0.3 is 4.74 Å². The van der Waals surface area contributed by atoms with E-state index in [1.165, 1.54) is 6.33 Å². The Morgan fingerprint density at radius 3 is 2.75 bits per heavy atom. The van der Waals surface area contributed by atoms with Crippen molar-refractivity contribution in [2.75, 3.05) is 13.1 Å². The van der Waals surface area contributed by atoms with Crippen LogP contribution in [0.15, 0.2) is 36.7 Å². The lowest BCUT2D eigenvalue weighted by atomic mass is 10.1. The fraction of sp³-hybridized carbons (Fsp3) is 0.214. The Bertz CT molecular complexity index is 846. The van der Waals surface area contributed by atoms with Crippen molar-refractivity contribution in [3.05, 3.63) is 42.4 Å². The fourth-order valence-electron chi connectivity index (χ4n) is 2.36. The summed E-state index contributed by atoms with van der Waals surface area (Å²) in [5, 5.41) is 11.1. The molecular weight excluding hydrogens is 350 g/mol. The molecule has 10 heteroatoms. The zero-order chi connectivity index (χ0) is 16.4. The summed E-state index contributed by atoms with van der Waals surface area (Å²) in [7, 11) is 0. The maximum Gasteiger partial charge on any atom is 0.259 e. The van der Waals surface area contributed by atoms with E-state index in [2.05, 4.69) is 30.3 Å². The van der Waals surface area contributed by atoms with Crippen LogP contribution in [0.4, 0.5) is 0 Å². The molecule has 8 nitrogen and oxygen atoms in total. The number of rotatable bonds is 4. The number of tetrazole rings is 1. The topological polar surface area (TPSA) is 81.9 Å². The molecule has 0 radical (unpaired) electrons. The minimum absolute atomic E-state index is 0.518. The van der Waals surface area contributed by atoms with Crippen LogP contribution < -0.4 is 4.74 Å². The number of aromatic nitrogens is 6. The normalized spacial score (nSPS) is 15.3. The van der Waals surface area contributed by atoms with Crippen LogP contribution in [0.5, 0.6) is 11.6 Å². The molecule has 0 saturated carbocycles. The summed E-state index contributed by atoms with van der Waals surface area (Å²) < 4.78 is 17.8. The third-order valence-electron chi connectivity index (χ3n) is 3.59. The third kappa shape index (κ3) is 3.14. The Labute approximate surface area is 146 Å². The summed E-state index contributed by atoms with van der Waals surface area (Å²) in [6, 6.07) is 7.43. The van der Waals surface area contributed by atoms with Crippen molar-refractivity contribution in [3.63, 3.8) is 0 Å². The Morgan fingerprint density at radius 1 is 1.17 bits per heavy atom. The second-order valence-corrected chi connectivity index (χ2v) is 6.12. The van der Waals surface area contributed by atoms with Crippen molar-refractivity contribution in [2.45, 2.75) is 6.42 Å². The summed E-state index contributed by atoms with van der Waals surface area (Å²) in [5.41, 5.74) is 2.75. The van der Waals surface area contributed by atoms with Gasteiger partial charge in [-0.1, -0.05) is 6.08 Å². The van der Waals surface area contributed by atoms with E-state index in [0.29, 0.717) is 18.2 Å². The first-order valence-corrected chi connectivity index (χ1v) is 8.30. The molecule has 122 valence electrons. The number of hydrogen-bond acceptors (Lipinski definition) is 8. The van der Waals surface area contributed by atoms with Crippen molar-refractivity contribution in [2.24, 2.45) is 0 Å². The Balaban J connectivity index is 1.53. The maximum absolute atomic E-state index is 5.98. The summed E-state index contributed by atoms with van der Waals surface area (Å²) in [6.07, 6.45) is 4.42. The van der Waals surface area contributed by atoms with Crippen LogP contribution in [-0.2, 0) is 0 Å². The fourth-order valence-corrected chi connectivity index (χ4v) is 3.03. The Hall–Kier alpha value is -2.36. The Kier molecular flexibility index (Phi) is 4.20. The van der Waals surface area contributed by atoms with Crippen molar-refractivity contribution in [1.29, 1.82) is 0 Å². The average Bonchev–Trinajstić information content (AvgIpc) is 3.28. The molecule has 0 aliphatic carbocycles. The third-order valence-corrected chi connectivity index (χ3v) is 4.41. The predicted octanol–water partition coefficient (Wildman–Crippen LogP) is 2.55. The van der Waals surface area contributed by atoms with Crippen molar-refractivity contribution in [3.8, 4) is 17.3 Å². The van der Waals surface area contributed by atoms with E-state index in [4.69, 9.17) is 16.5 Å². The van der Waals surface area contributed by atoms with Gasteiger partial charge in [0, 0.05) is 13.1 Å². The first-order chi connectivity index (χ1) is 11.8. The molecule has 0 atom stereocenters. The summed E-state index contributed by atoms with van der Waals surface area (Å²) >= 11 is 7.12. The van der Waals surface area contributed by atoms with Gasteiger partial charge in [0.1, 0.15) is 17.8 Å². The second kappa shape index (κ2) is 6.63. The van der Waals surface area contributed by atoms with Gasteiger partial charge in [-0.2, -0.15) is 4.37 Å². The van der Waals surface area contributed by atoms with E-state index < -0.39 is 0 Å². The van der Waals surface area contributed by atoms with Gasteiger partial charge in [-0.3, -0.25) is 0 Å². The smallest absolute Gasteiger partial charge is 0.259 e. The molecule has 1 aliphatic heterocycles. The molecule has 0 fully saturated rings. The van der Waals surface area contributed by atoms with Gasteiger partial charge in [0.15, 0.2) is 0 Å². The molecule has 24 heavy (non-hydrogen) atoms. The molecule has 0 unspecified atom stereocenters. The summed E-state index contributed by atoms with van der Waals surface area (Å²) in [5.74, 6) is 1.19. The standard InChI is InChI=1S/C14H12ClN7OS/c15-21-7-5-10(6-8-21)13-14(18-24-17-13)23-12-3-1-11(2-4-12)22-9-16-19-20-22/h1-5,9H,6-8H2. The van der Waals surface area contributed by atoms with Gasteiger partial charge in [0.2, 0.25) is 0 Å². The molecule has 1 aliphatic rings. The number of halogens is 1. The quantitative estimate of drug-likeness (QED) is 0.660. The number of ether oxygens (including phenoxy) is 1. The van der Waals surface area contributed by atoms with Crippen molar-refractivity contribution >= 4 is 29.1 Å². The second-order valence-electron chi connectivity index (χ2n) is 5.12. The van der Waals surface area contributed by atoms with Crippen LogP contribution >= 0.6 is 23.5 Å². The van der Waals surface area contributed by atoms with E-state index in [0.717, 1.165) is 41.6 Å². The molecule has 0 amide bonds. The van der Waals surface area contributed by atoms with Gasteiger partial charge in [-0.15, -0.1) is 9.47 Å². The van der Waals surface area contributed by atoms with Gasteiger partial charge in [-0.05, 0) is 58.5 Å². The van der Waals surface area contributed by atoms with Crippen molar-refractivity contribution < 1.29 is 4.74 Å². The number of hydrogen-bond donors (Lipinski definition) is 0. The van der Waals surface area contributed by atoms with Crippen LogP contribution in [-0.4, -0.2) is 46.5 Å². The van der Waals surface area contributed by atoms with E-state index in [1.54, 1.807) is 9.10 Å². The van der Waals surface area contributed by atoms with Crippen LogP contribution in [0.2, 0.25) is 0 Å². The van der Waals surface area contributed by atoms with Crippen LogP contribution in [0.1, 0.15) is 12.1 Å². The first kappa shape index (κ1) is 15.2. The van der Waals surface area contributed by atoms with E-state index in [1.807, 2.05) is 24.3 Å². The SMILES string of the molecule is ClN1CC=C(c2nsnc2Oc2ccc(-n3cnnn3)cc2)CC1. The first-order valence-electron chi connectivity index (χ1n) is 7.23. The molecule has 0 saturated heterocycles. The van der Waals surface area contributed by atoms with Crippen LogP contribution in [0.25, 0.3) is 11.3 Å². The molecular formula is C14H12ClN7OS. The van der Waals surface area contributed by atoms with Gasteiger partial charge in [-0.25, -0.2) is 9.10 Å². The highest BCUT2D eigenvalue weighted by atomic mass is 35.5. The van der Waals surface area contributed by atoms with Gasteiger partial charge >= 0.3 is 0 Å². The van der Waals surface area contributed by atoms with E-state index in [9.17, 15) is 0 Å². The molecule has 0 N–H and O–H groups in total. The molecule has 3 aromatic rings. The molecule has 0 bridgehead atoms. The minimum Gasteiger partial charge on any atom is -0.436 e. The highest BCUT2D eigenvalue weighted by molar-refractivity contribution is 6.99. The zero-order valence-electron chi connectivity index (χ0n) is 12.4. The van der Waals surface area contributed by atoms with Crippen LogP contribution in [0, 0.1) is 0 Å². The van der Waals surface area contributed by atoms with E-state index in [-0.39, 0.29) is 0 Å². The minimum atomic E-state index is 0.518. The largest absolute Gasteiger partial charge is 0.436 e. The molecule has 1 aromatic carbocycles. The highest BCUT2D eigenvalue weighted by Gasteiger charge is 2.19. The average molecular weight is 362 g/mol. The lowest BCUT2D eigenvalue weighted by Gasteiger charge is -2.18. The lowest BCUT2D eigenvalue weighted by molar-refractivity contribution is 0.463. The highest BCUT2D eigenvalue weighted by Crippen LogP contribution is 2.32. The number of benzene rings is 1.